The van der Waals surface area contributed by atoms with Crippen LogP contribution in [0.2, 0.25) is 0 Å². The Morgan fingerprint density at radius 2 is 1.69 bits per heavy atom. The molecule has 0 saturated carbocycles. The predicted molar refractivity (Wildman–Crippen MR) is 60.1 cm³/mol. The number of fused-ring (bicyclic) bond motifs is 1. The third-order valence-corrected chi connectivity index (χ3v) is 6.06. The molecule has 1 heteroatoms. The second-order valence-corrected chi connectivity index (χ2v) is 6.48. The molecular formula is C12H16P. The summed E-state index contributed by atoms with van der Waals surface area (Å²) in [6.45, 7) is 11.4. The van der Waals surface area contributed by atoms with E-state index in [2.05, 4.69) is 40.4 Å². The summed E-state index contributed by atoms with van der Waals surface area (Å²) in [6.07, 6.45) is 3.56. The molecule has 1 heterocycles. The molecule has 2 aliphatic rings. The molecule has 0 bridgehead atoms. The lowest BCUT2D eigenvalue weighted by molar-refractivity contribution is 1.19. The highest BCUT2D eigenvalue weighted by Gasteiger charge is 2.35. The van der Waals surface area contributed by atoms with E-state index >= 15 is 0 Å². The van der Waals surface area contributed by atoms with Gasteiger partial charge in [0.1, 0.15) is 0 Å². The first-order valence-electron chi connectivity index (χ1n) is 4.76. The van der Waals surface area contributed by atoms with Gasteiger partial charge in [0.2, 0.25) is 0 Å². The van der Waals surface area contributed by atoms with Crippen molar-refractivity contribution in [1.29, 1.82) is 0 Å². The minimum absolute atomic E-state index is 0.0306. The number of hydrogen-bond donors (Lipinski definition) is 0. The number of rotatable bonds is 0. The Kier molecular flexibility index (Phi) is 2.00. The van der Waals surface area contributed by atoms with E-state index in [0.717, 1.165) is 5.66 Å². The molecule has 0 amide bonds. The summed E-state index contributed by atoms with van der Waals surface area (Å²) in [5.74, 6) is 0. The topological polar surface area (TPSA) is 0 Å². The van der Waals surface area contributed by atoms with E-state index in [9.17, 15) is 0 Å². The van der Waals surface area contributed by atoms with Gasteiger partial charge in [-0.3, -0.25) is 0 Å². The van der Waals surface area contributed by atoms with Gasteiger partial charge >= 0.3 is 0 Å². The molecule has 0 nitrogen and oxygen atoms in total. The summed E-state index contributed by atoms with van der Waals surface area (Å²) < 4.78 is 0. The van der Waals surface area contributed by atoms with Crippen LogP contribution in [0.25, 0.3) is 0 Å². The van der Waals surface area contributed by atoms with Crippen molar-refractivity contribution in [2.24, 2.45) is 0 Å². The van der Waals surface area contributed by atoms with Crippen LogP contribution in [0.3, 0.4) is 0 Å². The van der Waals surface area contributed by atoms with Crippen LogP contribution in [-0.4, -0.2) is 12.3 Å². The first-order valence-corrected chi connectivity index (χ1v) is 6.61. The van der Waals surface area contributed by atoms with Gasteiger partial charge in [-0.1, -0.05) is 13.5 Å². The minimum Gasteiger partial charge on any atom is -0.0707 e. The molecule has 0 aromatic rings. The maximum absolute atomic E-state index is 3.56. The largest absolute Gasteiger partial charge is 0.0707 e. The van der Waals surface area contributed by atoms with Crippen LogP contribution in [-0.2, 0) is 0 Å². The van der Waals surface area contributed by atoms with Gasteiger partial charge < -0.3 is 0 Å². The molecule has 1 radical (unpaired) electrons. The fourth-order valence-electron chi connectivity index (χ4n) is 2.25. The van der Waals surface area contributed by atoms with Gasteiger partial charge in [-0.2, -0.15) is 0 Å². The monoisotopic (exact) mass is 191 g/mol. The Labute approximate surface area is 82.2 Å². The normalized spacial score (nSPS) is 32.8. The average Bonchev–Trinajstić information content (AvgIpc) is 2.48. The van der Waals surface area contributed by atoms with Crippen molar-refractivity contribution in [1.82, 2.24) is 0 Å². The van der Waals surface area contributed by atoms with Crippen molar-refractivity contribution < 1.29 is 0 Å². The van der Waals surface area contributed by atoms with Crippen molar-refractivity contribution in [2.75, 3.05) is 6.66 Å². The Hall–Kier alpha value is -0.350. The van der Waals surface area contributed by atoms with Crippen LogP contribution in [0, 0.1) is 6.08 Å². The molecule has 0 fully saturated rings. The van der Waals surface area contributed by atoms with Crippen molar-refractivity contribution in [2.45, 2.75) is 33.4 Å². The van der Waals surface area contributed by atoms with Crippen LogP contribution in [0.1, 0.15) is 27.7 Å². The molecular weight excluding hydrogens is 175 g/mol. The first kappa shape index (κ1) is 9.21. The second-order valence-electron chi connectivity index (χ2n) is 4.07. The van der Waals surface area contributed by atoms with E-state index in [0.29, 0.717) is 0 Å². The maximum atomic E-state index is 3.56. The maximum Gasteiger partial charge on any atom is 0.0297 e. The van der Waals surface area contributed by atoms with Crippen LogP contribution in [0.4, 0.5) is 0 Å². The lowest BCUT2D eigenvalue weighted by atomic mass is 10.1. The molecule has 2 rings (SSSR count). The molecule has 1 aliphatic heterocycles. The van der Waals surface area contributed by atoms with Gasteiger partial charge in [0, 0.05) is 5.66 Å². The third-order valence-electron chi connectivity index (χ3n) is 3.47. The first-order chi connectivity index (χ1) is 6.04. The highest BCUT2D eigenvalue weighted by molar-refractivity contribution is 7.62. The summed E-state index contributed by atoms with van der Waals surface area (Å²) in [7, 11) is 0.0306. The second kappa shape index (κ2) is 2.82. The van der Waals surface area contributed by atoms with Crippen LogP contribution >= 0.6 is 7.92 Å². The van der Waals surface area contributed by atoms with Crippen LogP contribution in [0.5, 0.6) is 0 Å². The van der Waals surface area contributed by atoms with E-state index in [1.165, 1.54) is 22.0 Å². The Bertz CT molecular complexity index is 355. The molecule has 2 unspecified atom stereocenters. The van der Waals surface area contributed by atoms with E-state index < -0.39 is 0 Å². The highest BCUT2D eigenvalue weighted by atomic mass is 31.1. The molecule has 1 aliphatic carbocycles. The van der Waals surface area contributed by atoms with E-state index in [-0.39, 0.29) is 7.92 Å². The fourth-order valence-corrected chi connectivity index (χ4v) is 4.35. The zero-order valence-electron chi connectivity index (χ0n) is 9.02. The van der Waals surface area contributed by atoms with Gasteiger partial charge in [0.15, 0.2) is 0 Å². The van der Waals surface area contributed by atoms with Gasteiger partial charge in [0.25, 0.3) is 0 Å². The van der Waals surface area contributed by atoms with Gasteiger partial charge in [-0.05, 0) is 62.5 Å². The summed E-state index contributed by atoms with van der Waals surface area (Å²) in [5, 5.41) is 1.49. The average molecular weight is 191 g/mol. The molecule has 0 aromatic carbocycles. The molecule has 0 N–H and O–H groups in total. The van der Waals surface area contributed by atoms with E-state index in [4.69, 9.17) is 0 Å². The van der Waals surface area contributed by atoms with Gasteiger partial charge in [-0.15, -0.1) is 0 Å². The zero-order chi connectivity index (χ0) is 9.75. The van der Waals surface area contributed by atoms with Gasteiger partial charge in [-0.25, -0.2) is 0 Å². The van der Waals surface area contributed by atoms with Crippen molar-refractivity contribution in [3.63, 3.8) is 0 Å². The lowest BCUT2D eigenvalue weighted by Gasteiger charge is -2.17. The fraction of sp³-hybridized carbons (Fsp3) is 0.500. The number of hydrogen-bond acceptors (Lipinski definition) is 0. The van der Waals surface area contributed by atoms with Crippen LogP contribution in [0.15, 0.2) is 27.6 Å². The lowest BCUT2D eigenvalue weighted by Crippen LogP contribution is -2.01. The minimum atomic E-state index is 0.0306. The molecule has 69 valence electrons. The van der Waals surface area contributed by atoms with Crippen LogP contribution < -0.4 is 0 Å². The van der Waals surface area contributed by atoms with E-state index in [1.54, 1.807) is 5.57 Å². The van der Waals surface area contributed by atoms with Crippen molar-refractivity contribution >= 4 is 7.92 Å². The Balaban J connectivity index is 2.54. The SMILES string of the molecule is CC1=[C]C2=C(C)C(C)=C(C)C2P1C. The van der Waals surface area contributed by atoms with Crippen molar-refractivity contribution in [3.8, 4) is 0 Å². The molecule has 0 saturated heterocycles. The van der Waals surface area contributed by atoms with Gasteiger partial charge in [0.05, 0.1) is 0 Å². The van der Waals surface area contributed by atoms with Crippen molar-refractivity contribution in [3.05, 3.63) is 33.7 Å². The Morgan fingerprint density at radius 3 is 2.23 bits per heavy atom. The smallest absolute Gasteiger partial charge is 0.0297 e. The summed E-state index contributed by atoms with van der Waals surface area (Å²) in [5.41, 5.74) is 6.78. The third kappa shape index (κ3) is 1.08. The quantitative estimate of drug-likeness (QED) is 0.510. The summed E-state index contributed by atoms with van der Waals surface area (Å²) >= 11 is 0. The number of allylic oxidation sites excluding steroid dienone is 6. The summed E-state index contributed by atoms with van der Waals surface area (Å²) in [4.78, 5) is 0. The Morgan fingerprint density at radius 1 is 1.08 bits per heavy atom. The molecule has 2 atom stereocenters. The molecule has 0 spiro atoms. The molecule has 13 heavy (non-hydrogen) atoms. The highest BCUT2D eigenvalue weighted by Crippen LogP contribution is 2.60. The van der Waals surface area contributed by atoms with E-state index in [1.807, 2.05) is 0 Å². The predicted octanol–water partition coefficient (Wildman–Crippen LogP) is 3.85. The standard InChI is InChI=1S/C12H16P/c1-7-6-11-9(3)8(2)10(4)12(11)13(7)5/h12H,1-5H3. The zero-order valence-corrected chi connectivity index (χ0v) is 9.92. The summed E-state index contributed by atoms with van der Waals surface area (Å²) in [6, 6.07) is 0. The molecule has 0 aromatic heterocycles.